The van der Waals surface area contributed by atoms with Crippen LogP contribution in [0, 0.1) is 12.8 Å². The number of rotatable bonds is 26. The molecule has 0 bridgehead atoms. The minimum absolute atomic E-state index is 0.0510. The van der Waals surface area contributed by atoms with Gasteiger partial charge < -0.3 is 47.8 Å². The Morgan fingerprint density at radius 3 is 1.69 bits per heavy atom. The summed E-state index contributed by atoms with van der Waals surface area (Å²) in [5.74, 6) is -7.89. The highest BCUT2D eigenvalue weighted by Gasteiger charge is 2.32. The largest absolute Gasteiger partial charge is 0.481 e. The van der Waals surface area contributed by atoms with Crippen molar-refractivity contribution in [1.82, 2.24) is 31.9 Å². The van der Waals surface area contributed by atoms with Gasteiger partial charge in [0.15, 0.2) is 0 Å². The molecule has 0 aliphatic carbocycles. The Balaban J connectivity index is 2.33. The molecule has 2 aromatic rings. The number of thioether (sulfide) groups is 1. The van der Waals surface area contributed by atoms with E-state index in [0.717, 1.165) is 5.56 Å². The van der Waals surface area contributed by atoms with Crippen LogP contribution in [0.5, 0.6) is 0 Å². The average molecular weight is 842 g/mol. The van der Waals surface area contributed by atoms with E-state index in [1.165, 1.54) is 11.8 Å². The topological polar surface area (TPSA) is 292 Å². The van der Waals surface area contributed by atoms with Crippen LogP contribution in [0.15, 0.2) is 54.6 Å². The number of nitrogens with two attached hydrogens (primary N) is 1. The van der Waals surface area contributed by atoms with Gasteiger partial charge in [-0.3, -0.25) is 43.2 Å². The lowest BCUT2D eigenvalue weighted by molar-refractivity contribution is -0.142. The smallest absolute Gasteiger partial charge is 0.305 e. The molecule has 10 N–H and O–H groups in total. The summed E-state index contributed by atoms with van der Waals surface area (Å²) in [4.78, 5) is 114. The fraction of sp³-hybridized carbons (Fsp3) is 0.475. The van der Waals surface area contributed by atoms with E-state index in [-0.39, 0.29) is 25.2 Å². The van der Waals surface area contributed by atoms with Gasteiger partial charge in [-0.25, -0.2) is 0 Å². The van der Waals surface area contributed by atoms with Crippen LogP contribution in [0.1, 0.15) is 62.6 Å². The van der Waals surface area contributed by atoms with Crippen molar-refractivity contribution in [2.75, 3.05) is 18.6 Å². The van der Waals surface area contributed by atoms with Crippen LogP contribution in [0.2, 0.25) is 0 Å². The van der Waals surface area contributed by atoms with Gasteiger partial charge in [-0.2, -0.15) is 11.8 Å². The van der Waals surface area contributed by atoms with Crippen LogP contribution in [-0.2, 0) is 56.0 Å². The number of aryl methyl sites for hydroxylation is 1. The van der Waals surface area contributed by atoms with Crippen molar-refractivity contribution in [2.24, 2.45) is 11.7 Å². The molecule has 0 fully saturated rings. The zero-order valence-corrected chi connectivity index (χ0v) is 34.4. The van der Waals surface area contributed by atoms with Crippen LogP contribution < -0.4 is 37.6 Å². The van der Waals surface area contributed by atoms with Gasteiger partial charge in [0.05, 0.1) is 19.4 Å². The Labute approximate surface area is 347 Å². The lowest BCUT2D eigenvalue weighted by atomic mass is 10.0. The number of aliphatic carboxylic acids is 2. The van der Waals surface area contributed by atoms with Gasteiger partial charge in [0.1, 0.15) is 30.2 Å². The molecule has 0 aliphatic heterocycles. The highest BCUT2D eigenvalue weighted by atomic mass is 32.2. The van der Waals surface area contributed by atoms with Crippen molar-refractivity contribution in [2.45, 2.75) is 95.9 Å². The summed E-state index contributed by atoms with van der Waals surface area (Å²) in [7, 11) is 0. The van der Waals surface area contributed by atoms with Gasteiger partial charge in [-0.1, -0.05) is 74.0 Å². The first-order chi connectivity index (χ1) is 27.9. The Kier molecular flexibility index (Phi) is 21.2. The van der Waals surface area contributed by atoms with Gasteiger partial charge in [-0.15, -0.1) is 0 Å². The van der Waals surface area contributed by atoms with E-state index < -0.39 is 109 Å². The van der Waals surface area contributed by atoms with Crippen molar-refractivity contribution >= 4 is 65.1 Å². The number of carboxylic acid groups (broad SMARTS) is 2. The Hall–Kier alpha value is -5.98. The molecule has 0 spiro atoms. The van der Waals surface area contributed by atoms with Gasteiger partial charge in [0, 0.05) is 19.3 Å². The first-order valence-electron chi connectivity index (χ1n) is 19.0. The molecule has 59 heavy (non-hydrogen) atoms. The molecule has 7 amide bonds. The maximum absolute atomic E-state index is 14.0. The number of nitrogens with one attached hydrogen (secondary N) is 6. The molecule has 0 aromatic heterocycles. The summed E-state index contributed by atoms with van der Waals surface area (Å²) in [5, 5.41) is 33.4. The zero-order chi connectivity index (χ0) is 44.1. The molecule has 18 nitrogen and oxygen atoms in total. The van der Waals surface area contributed by atoms with E-state index in [1.54, 1.807) is 54.6 Å². The third kappa shape index (κ3) is 19.3. The number of primary amides is 1. The van der Waals surface area contributed by atoms with Crippen LogP contribution in [0.4, 0.5) is 0 Å². The predicted octanol–water partition coefficient (Wildman–Crippen LogP) is -0.0556. The maximum Gasteiger partial charge on any atom is 0.305 e. The molecule has 0 aliphatic rings. The Morgan fingerprint density at radius 1 is 0.627 bits per heavy atom. The van der Waals surface area contributed by atoms with Gasteiger partial charge in [-0.05, 0) is 48.8 Å². The zero-order valence-electron chi connectivity index (χ0n) is 33.6. The van der Waals surface area contributed by atoms with E-state index in [1.807, 2.05) is 27.0 Å². The van der Waals surface area contributed by atoms with Crippen LogP contribution >= 0.6 is 11.8 Å². The van der Waals surface area contributed by atoms with Crippen molar-refractivity contribution < 1.29 is 53.4 Å². The summed E-state index contributed by atoms with van der Waals surface area (Å²) < 4.78 is 0. The lowest BCUT2D eigenvalue weighted by Gasteiger charge is -2.26. The van der Waals surface area contributed by atoms with Crippen LogP contribution in [0.3, 0.4) is 0 Å². The number of hydrogen-bond donors (Lipinski definition) is 9. The predicted molar refractivity (Wildman–Crippen MR) is 218 cm³/mol. The molecule has 0 saturated carbocycles. The van der Waals surface area contributed by atoms with E-state index in [2.05, 4.69) is 31.9 Å². The molecule has 19 heteroatoms. The first kappa shape index (κ1) is 49.2. The second-order valence-electron chi connectivity index (χ2n) is 14.3. The average Bonchev–Trinajstić information content (AvgIpc) is 3.17. The fourth-order valence-electron chi connectivity index (χ4n) is 5.68. The summed E-state index contributed by atoms with van der Waals surface area (Å²) in [6.45, 7) is 4.94. The number of benzene rings is 2. The number of carbonyl (C=O) groups is 9. The lowest BCUT2D eigenvalue weighted by Crippen LogP contribution is -2.58. The van der Waals surface area contributed by atoms with Gasteiger partial charge in [0.25, 0.3) is 0 Å². The van der Waals surface area contributed by atoms with Gasteiger partial charge >= 0.3 is 11.9 Å². The normalized spacial score (nSPS) is 13.4. The summed E-state index contributed by atoms with van der Waals surface area (Å²) in [6.07, 6.45) is 0.177. The third-order valence-electron chi connectivity index (χ3n) is 8.76. The monoisotopic (exact) mass is 841 g/mol. The molecule has 5 atom stereocenters. The molecule has 0 radical (unpaired) electrons. The minimum atomic E-state index is -1.68. The molecule has 5 unspecified atom stereocenters. The molecule has 0 heterocycles. The second-order valence-corrected chi connectivity index (χ2v) is 15.3. The molecule has 2 rings (SSSR count). The highest BCUT2D eigenvalue weighted by molar-refractivity contribution is 7.98. The molecule has 2 aromatic carbocycles. The summed E-state index contributed by atoms with van der Waals surface area (Å²) in [5.41, 5.74) is 7.62. The van der Waals surface area contributed by atoms with Crippen molar-refractivity contribution in [1.29, 1.82) is 0 Å². The number of hydrogen-bond acceptors (Lipinski definition) is 10. The van der Waals surface area contributed by atoms with Crippen molar-refractivity contribution in [3.63, 3.8) is 0 Å². The highest BCUT2D eigenvalue weighted by Crippen LogP contribution is 2.11. The molecule has 0 saturated heterocycles. The van der Waals surface area contributed by atoms with E-state index in [4.69, 9.17) is 10.8 Å². The SMILES string of the molecule is CSCCC(NC(=O)C(CC(C)C)NC(=O)CNC(=O)C(Cc1ccc(C)cc1)NC(=O)C(Cc1ccccc1)NC(=O)C(CC(=O)O)NC(=O)CCC(=O)O)C(N)=O. The van der Waals surface area contributed by atoms with E-state index in [9.17, 15) is 48.3 Å². The Morgan fingerprint density at radius 2 is 1.15 bits per heavy atom. The number of carbonyl (C=O) groups excluding carboxylic acids is 7. The third-order valence-corrected chi connectivity index (χ3v) is 9.40. The fourth-order valence-corrected chi connectivity index (χ4v) is 6.15. The summed E-state index contributed by atoms with van der Waals surface area (Å²) in [6, 6.07) is 9.14. The van der Waals surface area contributed by atoms with Crippen molar-refractivity contribution in [3.8, 4) is 0 Å². The quantitative estimate of drug-likeness (QED) is 0.0603. The molecular weight excluding hydrogens is 787 g/mol. The summed E-state index contributed by atoms with van der Waals surface area (Å²) >= 11 is 1.47. The molecular formula is C40H55N7O11S. The van der Waals surface area contributed by atoms with E-state index in [0.29, 0.717) is 23.3 Å². The Bertz CT molecular complexity index is 1780. The number of carboxylic acids is 2. The standard InChI is InChI=1S/C40H55N7O11S/c1-23(2)18-28(38(56)45-27(36(41)54)16-17-59-4)44-33(49)22-42-37(55)29(20-26-12-10-24(3)11-13-26)46-39(57)30(19-25-8-6-5-7-9-25)47-40(58)31(21-35(52)53)43-32(48)14-15-34(50)51/h5-13,23,27-31H,14-22H2,1-4H3,(H2,41,54)(H,42,55)(H,43,48)(H,44,49)(H,45,56)(H,46,57)(H,47,58)(H,50,51)(H,52,53). The second kappa shape index (κ2) is 25.4. The molecule has 322 valence electrons. The van der Waals surface area contributed by atoms with Crippen LogP contribution in [0.25, 0.3) is 0 Å². The van der Waals surface area contributed by atoms with Gasteiger partial charge in [0.2, 0.25) is 41.4 Å². The number of amides is 7. The van der Waals surface area contributed by atoms with E-state index >= 15 is 0 Å². The minimum Gasteiger partial charge on any atom is -0.481 e. The van der Waals surface area contributed by atoms with Crippen molar-refractivity contribution in [3.05, 3.63) is 71.3 Å². The first-order valence-corrected chi connectivity index (χ1v) is 20.4. The maximum atomic E-state index is 14.0. The van der Waals surface area contributed by atoms with Crippen LogP contribution in [-0.4, -0.2) is 112 Å².